The van der Waals surface area contributed by atoms with Crippen molar-refractivity contribution < 1.29 is 13.6 Å². The molecule has 0 spiro atoms. The number of pyridine rings is 1. The third kappa shape index (κ3) is 4.10. The highest BCUT2D eigenvalue weighted by atomic mass is 19.3. The van der Waals surface area contributed by atoms with Crippen molar-refractivity contribution in [3.8, 4) is 0 Å². The fourth-order valence-corrected chi connectivity index (χ4v) is 3.90. The molecule has 0 aliphatic carbocycles. The van der Waals surface area contributed by atoms with E-state index in [0.29, 0.717) is 34.7 Å². The van der Waals surface area contributed by atoms with Gasteiger partial charge in [-0.05, 0) is 39.3 Å². The number of fused-ring (bicyclic) bond motifs is 1. The van der Waals surface area contributed by atoms with Gasteiger partial charge in [0, 0.05) is 11.3 Å². The molecular formula is C23H24F2N6O. The first kappa shape index (κ1) is 21.6. The maximum atomic E-state index is 13.5. The molecule has 166 valence electrons. The van der Waals surface area contributed by atoms with Crippen molar-refractivity contribution >= 4 is 22.6 Å². The van der Waals surface area contributed by atoms with Gasteiger partial charge in [0.2, 0.25) is 5.91 Å². The van der Waals surface area contributed by atoms with Gasteiger partial charge in [0.15, 0.2) is 5.65 Å². The summed E-state index contributed by atoms with van der Waals surface area (Å²) in [5, 5.41) is 12.0. The van der Waals surface area contributed by atoms with E-state index in [1.54, 1.807) is 13.8 Å². The number of aromatic nitrogens is 5. The molecule has 0 aliphatic rings. The molecular weight excluding hydrogens is 414 g/mol. The van der Waals surface area contributed by atoms with Gasteiger partial charge in [0.05, 0.1) is 34.7 Å². The molecule has 1 N–H and O–H groups in total. The quantitative estimate of drug-likeness (QED) is 0.481. The summed E-state index contributed by atoms with van der Waals surface area (Å²) >= 11 is 0. The predicted molar refractivity (Wildman–Crippen MR) is 118 cm³/mol. The van der Waals surface area contributed by atoms with Crippen LogP contribution in [0.5, 0.6) is 0 Å². The van der Waals surface area contributed by atoms with Crippen LogP contribution in [0.2, 0.25) is 0 Å². The lowest BCUT2D eigenvalue weighted by Crippen LogP contribution is -2.20. The number of carbonyl (C=O) groups excluding carboxylic acids is 1. The molecule has 3 aromatic heterocycles. The Kier molecular flexibility index (Phi) is 5.73. The molecule has 0 atom stereocenters. The van der Waals surface area contributed by atoms with Crippen molar-refractivity contribution in [1.29, 1.82) is 0 Å². The number of benzene rings is 1. The molecule has 0 fully saturated rings. The van der Waals surface area contributed by atoms with Crippen LogP contribution in [0.1, 0.15) is 40.3 Å². The van der Waals surface area contributed by atoms with Crippen molar-refractivity contribution in [2.24, 2.45) is 0 Å². The zero-order chi connectivity index (χ0) is 23.0. The van der Waals surface area contributed by atoms with E-state index in [0.717, 1.165) is 11.3 Å². The number of nitrogens with one attached hydrogen (secondary N) is 1. The summed E-state index contributed by atoms with van der Waals surface area (Å²) in [5.41, 5.74) is 4.29. The van der Waals surface area contributed by atoms with Crippen LogP contribution in [0.25, 0.3) is 11.0 Å². The zero-order valence-corrected chi connectivity index (χ0v) is 18.4. The van der Waals surface area contributed by atoms with E-state index in [1.807, 2.05) is 48.9 Å². The Balaban J connectivity index is 1.58. The van der Waals surface area contributed by atoms with Gasteiger partial charge in [0.25, 0.3) is 6.43 Å². The molecule has 1 aromatic carbocycles. The lowest BCUT2D eigenvalue weighted by Gasteiger charge is -2.09. The monoisotopic (exact) mass is 438 g/mol. The molecule has 3 heterocycles. The van der Waals surface area contributed by atoms with Crippen molar-refractivity contribution in [1.82, 2.24) is 24.5 Å². The van der Waals surface area contributed by atoms with Crippen LogP contribution in [0.15, 0.2) is 36.4 Å². The van der Waals surface area contributed by atoms with Gasteiger partial charge in [-0.25, -0.2) is 18.4 Å². The minimum atomic E-state index is -2.65. The molecule has 9 heteroatoms. The third-order valence-corrected chi connectivity index (χ3v) is 5.39. The lowest BCUT2D eigenvalue weighted by atomic mass is 10.1. The minimum absolute atomic E-state index is 0.120. The van der Waals surface area contributed by atoms with Crippen molar-refractivity contribution in [2.75, 3.05) is 5.32 Å². The van der Waals surface area contributed by atoms with Gasteiger partial charge in [-0.1, -0.05) is 30.3 Å². The van der Waals surface area contributed by atoms with Gasteiger partial charge in [-0.15, -0.1) is 0 Å². The van der Waals surface area contributed by atoms with E-state index in [4.69, 9.17) is 0 Å². The molecule has 7 nitrogen and oxygen atoms in total. The molecule has 0 aliphatic heterocycles. The van der Waals surface area contributed by atoms with Gasteiger partial charge in [-0.2, -0.15) is 10.2 Å². The Hall–Kier alpha value is -3.62. The van der Waals surface area contributed by atoms with E-state index in [9.17, 15) is 13.6 Å². The number of alkyl halides is 2. The SMILES string of the molecule is Cc1cc(C(F)F)c2c(C)nn(CC(=O)Nc3c(C)nn(Cc4ccccc4)c3C)c2n1. The normalized spacial score (nSPS) is 11.5. The second-order valence-corrected chi connectivity index (χ2v) is 7.83. The maximum absolute atomic E-state index is 13.5. The Morgan fingerprint density at radius 3 is 2.41 bits per heavy atom. The Morgan fingerprint density at radius 2 is 1.72 bits per heavy atom. The third-order valence-electron chi connectivity index (χ3n) is 5.39. The molecule has 0 unspecified atom stereocenters. The van der Waals surface area contributed by atoms with Gasteiger partial charge < -0.3 is 5.32 Å². The summed E-state index contributed by atoms with van der Waals surface area (Å²) in [6.45, 7) is 7.45. The van der Waals surface area contributed by atoms with Crippen LogP contribution in [-0.4, -0.2) is 30.5 Å². The molecule has 4 rings (SSSR count). The summed E-state index contributed by atoms with van der Waals surface area (Å²) in [4.78, 5) is 17.2. The number of halogens is 2. The van der Waals surface area contributed by atoms with Gasteiger partial charge in [-0.3, -0.25) is 9.48 Å². The molecule has 1 amide bonds. The standard InChI is InChI=1S/C23H24F2N6O/c1-13-10-18(22(24)25)20-14(2)28-31(23(20)26-13)12-19(32)27-21-15(3)29-30(16(21)4)11-17-8-6-5-7-9-17/h5-10,22H,11-12H2,1-4H3,(H,27,32). The smallest absolute Gasteiger partial charge is 0.264 e. The number of anilines is 1. The summed E-state index contributed by atoms with van der Waals surface area (Å²) in [5.74, 6) is -0.332. The molecule has 0 saturated carbocycles. The van der Waals surface area contributed by atoms with Crippen LogP contribution in [0.3, 0.4) is 0 Å². The van der Waals surface area contributed by atoms with E-state index in [2.05, 4.69) is 20.5 Å². The van der Waals surface area contributed by atoms with E-state index in [-0.39, 0.29) is 23.7 Å². The average molecular weight is 438 g/mol. The van der Waals surface area contributed by atoms with Crippen LogP contribution < -0.4 is 5.32 Å². The average Bonchev–Trinajstić information content (AvgIpc) is 3.18. The number of aryl methyl sites for hydroxylation is 3. The maximum Gasteiger partial charge on any atom is 0.264 e. The molecule has 0 saturated heterocycles. The van der Waals surface area contributed by atoms with Crippen molar-refractivity contribution in [3.63, 3.8) is 0 Å². The van der Waals surface area contributed by atoms with Crippen LogP contribution in [0, 0.1) is 27.7 Å². The topological polar surface area (TPSA) is 77.6 Å². The number of hydrogen-bond acceptors (Lipinski definition) is 4. The summed E-state index contributed by atoms with van der Waals surface area (Å²) in [7, 11) is 0. The highest BCUT2D eigenvalue weighted by molar-refractivity contribution is 5.93. The highest BCUT2D eigenvalue weighted by Gasteiger charge is 2.21. The number of hydrogen-bond donors (Lipinski definition) is 1. The number of nitrogens with zero attached hydrogens (tertiary/aromatic N) is 5. The first-order chi connectivity index (χ1) is 15.2. The first-order valence-electron chi connectivity index (χ1n) is 10.2. The lowest BCUT2D eigenvalue weighted by molar-refractivity contribution is -0.116. The fourth-order valence-electron chi connectivity index (χ4n) is 3.90. The first-order valence-corrected chi connectivity index (χ1v) is 10.2. The van der Waals surface area contributed by atoms with E-state index >= 15 is 0 Å². The number of rotatable bonds is 6. The summed E-state index contributed by atoms with van der Waals surface area (Å²) in [6.07, 6.45) is -2.65. The fraction of sp³-hybridized carbons (Fsp3) is 0.304. The minimum Gasteiger partial charge on any atom is -0.321 e. The van der Waals surface area contributed by atoms with Crippen LogP contribution in [-0.2, 0) is 17.9 Å². The van der Waals surface area contributed by atoms with Crippen molar-refractivity contribution in [3.05, 3.63) is 70.3 Å². The second-order valence-electron chi connectivity index (χ2n) is 7.83. The molecule has 0 radical (unpaired) electrons. The van der Waals surface area contributed by atoms with Crippen LogP contribution in [0.4, 0.5) is 14.5 Å². The van der Waals surface area contributed by atoms with Crippen LogP contribution >= 0.6 is 0 Å². The Labute approximate surface area is 184 Å². The van der Waals surface area contributed by atoms with E-state index < -0.39 is 6.43 Å². The molecule has 32 heavy (non-hydrogen) atoms. The number of carbonyl (C=O) groups is 1. The van der Waals surface area contributed by atoms with Crippen molar-refractivity contribution in [2.45, 2.75) is 47.2 Å². The Morgan fingerprint density at radius 1 is 1.03 bits per heavy atom. The van der Waals surface area contributed by atoms with Gasteiger partial charge in [0.1, 0.15) is 6.54 Å². The van der Waals surface area contributed by atoms with E-state index in [1.165, 1.54) is 10.7 Å². The number of amides is 1. The summed E-state index contributed by atoms with van der Waals surface area (Å²) in [6, 6.07) is 11.3. The molecule has 4 aromatic rings. The highest BCUT2D eigenvalue weighted by Crippen LogP contribution is 2.30. The van der Waals surface area contributed by atoms with Gasteiger partial charge >= 0.3 is 0 Å². The predicted octanol–water partition coefficient (Wildman–Crippen LogP) is 4.49. The molecule has 0 bridgehead atoms. The summed E-state index contributed by atoms with van der Waals surface area (Å²) < 4.78 is 30.2. The Bertz CT molecular complexity index is 1290. The zero-order valence-electron chi connectivity index (χ0n) is 18.4. The second kappa shape index (κ2) is 8.49. The largest absolute Gasteiger partial charge is 0.321 e.